The van der Waals surface area contributed by atoms with Crippen molar-refractivity contribution in [2.45, 2.75) is 13.3 Å². The number of rotatable bonds is 6. The molecule has 17 heavy (non-hydrogen) atoms. The first-order chi connectivity index (χ1) is 8.19. The van der Waals surface area contributed by atoms with Crippen LogP contribution in [-0.4, -0.2) is 36.9 Å². The van der Waals surface area contributed by atoms with Gasteiger partial charge in [0, 0.05) is 13.5 Å². The van der Waals surface area contributed by atoms with Crippen LogP contribution in [0.2, 0.25) is 0 Å². The lowest BCUT2D eigenvalue weighted by Gasteiger charge is -2.06. The van der Waals surface area contributed by atoms with E-state index < -0.39 is 0 Å². The van der Waals surface area contributed by atoms with Crippen molar-refractivity contribution in [3.63, 3.8) is 0 Å². The van der Waals surface area contributed by atoms with E-state index in [4.69, 9.17) is 20.5 Å². The Bertz CT molecular complexity index is 391. The summed E-state index contributed by atoms with van der Waals surface area (Å²) < 4.78 is 10.2. The second kappa shape index (κ2) is 6.78. The smallest absolute Gasteiger partial charge is 0.145 e. The molecular formula is C11H16N4O2. The van der Waals surface area contributed by atoms with E-state index in [-0.39, 0.29) is 5.82 Å². The molecule has 0 aliphatic heterocycles. The highest BCUT2D eigenvalue weighted by atomic mass is 16.5. The number of aryl methyl sites for hydroxylation is 1. The van der Waals surface area contributed by atoms with Crippen LogP contribution < -0.4 is 5.73 Å². The lowest BCUT2D eigenvalue weighted by Crippen LogP contribution is -2.10. The maximum Gasteiger partial charge on any atom is 0.145 e. The summed E-state index contributed by atoms with van der Waals surface area (Å²) in [4.78, 5) is 8.25. The molecule has 1 aromatic heterocycles. The highest BCUT2D eigenvalue weighted by Crippen LogP contribution is 2.11. The van der Waals surface area contributed by atoms with E-state index in [0.29, 0.717) is 43.3 Å². The average Bonchev–Trinajstić information content (AvgIpc) is 2.28. The largest absolute Gasteiger partial charge is 0.382 e. The first-order valence-corrected chi connectivity index (χ1v) is 5.28. The minimum Gasteiger partial charge on any atom is -0.382 e. The zero-order valence-electron chi connectivity index (χ0n) is 10.1. The van der Waals surface area contributed by atoms with Crippen LogP contribution in [0.1, 0.15) is 17.1 Å². The third-order valence-corrected chi connectivity index (χ3v) is 2.18. The summed E-state index contributed by atoms with van der Waals surface area (Å²) in [5.74, 6) is 0.823. The predicted octanol–water partition coefficient (Wildman–Crippen LogP) is 0.444. The molecule has 0 saturated carbocycles. The van der Waals surface area contributed by atoms with Gasteiger partial charge in [0.25, 0.3) is 0 Å². The number of hydrogen-bond acceptors (Lipinski definition) is 6. The molecule has 6 nitrogen and oxygen atoms in total. The van der Waals surface area contributed by atoms with E-state index in [2.05, 4.69) is 9.97 Å². The summed E-state index contributed by atoms with van der Waals surface area (Å²) in [5.41, 5.74) is 6.60. The van der Waals surface area contributed by atoms with Crippen molar-refractivity contribution >= 4 is 5.82 Å². The molecule has 0 amide bonds. The van der Waals surface area contributed by atoms with Crippen molar-refractivity contribution in [2.75, 3.05) is 32.7 Å². The summed E-state index contributed by atoms with van der Waals surface area (Å²) in [6.07, 6.45) is 0.570. The Hall–Kier alpha value is -1.71. The zero-order valence-corrected chi connectivity index (χ0v) is 10.1. The van der Waals surface area contributed by atoms with Gasteiger partial charge in [0.1, 0.15) is 23.3 Å². The van der Waals surface area contributed by atoms with Crippen molar-refractivity contribution in [2.24, 2.45) is 0 Å². The van der Waals surface area contributed by atoms with Gasteiger partial charge in [-0.25, -0.2) is 9.97 Å². The molecule has 0 fully saturated rings. The van der Waals surface area contributed by atoms with Gasteiger partial charge in [-0.2, -0.15) is 5.26 Å². The van der Waals surface area contributed by atoms with E-state index in [1.807, 2.05) is 6.07 Å². The Morgan fingerprint density at radius 2 is 2.06 bits per heavy atom. The summed E-state index contributed by atoms with van der Waals surface area (Å²) >= 11 is 0. The molecule has 0 bridgehead atoms. The Balaban J connectivity index is 2.53. The van der Waals surface area contributed by atoms with E-state index in [0.717, 1.165) is 0 Å². The Kier molecular flexibility index (Phi) is 5.33. The van der Waals surface area contributed by atoms with Crippen molar-refractivity contribution in [3.8, 4) is 6.07 Å². The topological polar surface area (TPSA) is 94.0 Å². The minimum absolute atomic E-state index is 0.229. The number of nitrogens with zero attached hydrogens (tertiary/aromatic N) is 3. The highest BCUT2D eigenvalue weighted by Gasteiger charge is 2.08. The maximum absolute atomic E-state index is 8.81. The molecule has 6 heteroatoms. The van der Waals surface area contributed by atoms with Crippen molar-refractivity contribution < 1.29 is 9.47 Å². The number of nitriles is 1. The van der Waals surface area contributed by atoms with Gasteiger partial charge in [0.15, 0.2) is 0 Å². The lowest BCUT2D eigenvalue weighted by atomic mass is 10.2. The van der Waals surface area contributed by atoms with Crippen LogP contribution in [0.5, 0.6) is 0 Å². The van der Waals surface area contributed by atoms with Gasteiger partial charge >= 0.3 is 0 Å². The van der Waals surface area contributed by atoms with Gasteiger partial charge in [-0.3, -0.25) is 0 Å². The standard InChI is InChI=1S/C11H16N4O2/c1-8-9(7-12)11(13)15-10(14-8)3-4-17-6-5-16-2/h3-6H2,1-2H3,(H2,13,14,15). The molecule has 0 aliphatic carbocycles. The van der Waals surface area contributed by atoms with E-state index in [1.54, 1.807) is 14.0 Å². The van der Waals surface area contributed by atoms with Crippen LogP contribution in [0, 0.1) is 18.3 Å². The molecule has 2 N–H and O–H groups in total. The van der Waals surface area contributed by atoms with Gasteiger partial charge in [-0.15, -0.1) is 0 Å². The molecule has 1 rings (SSSR count). The molecular weight excluding hydrogens is 220 g/mol. The number of nitrogens with two attached hydrogens (primary N) is 1. The van der Waals surface area contributed by atoms with Crippen LogP contribution >= 0.6 is 0 Å². The number of anilines is 1. The average molecular weight is 236 g/mol. The van der Waals surface area contributed by atoms with Crippen molar-refractivity contribution in [1.29, 1.82) is 5.26 Å². The second-order valence-corrected chi connectivity index (χ2v) is 3.45. The van der Waals surface area contributed by atoms with Gasteiger partial charge in [-0.1, -0.05) is 0 Å². The number of aromatic nitrogens is 2. The Labute approximate surface area is 100 Å². The zero-order chi connectivity index (χ0) is 12.7. The van der Waals surface area contributed by atoms with Gasteiger partial charge in [-0.05, 0) is 6.92 Å². The third-order valence-electron chi connectivity index (χ3n) is 2.18. The fourth-order valence-corrected chi connectivity index (χ4v) is 1.31. The number of hydrogen-bond donors (Lipinski definition) is 1. The predicted molar refractivity (Wildman–Crippen MR) is 62.3 cm³/mol. The summed E-state index contributed by atoms with van der Waals surface area (Å²) in [7, 11) is 1.62. The molecule has 0 saturated heterocycles. The van der Waals surface area contributed by atoms with Crippen LogP contribution in [0.15, 0.2) is 0 Å². The normalized spacial score (nSPS) is 10.2. The summed E-state index contributed by atoms with van der Waals surface area (Å²) in [5, 5.41) is 8.81. The third kappa shape index (κ3) is 3.98. The minimum atomic E-state index is 0.229. The highest BCUT2D eigenvalue weighted by molar-refractivity contribution is 5.50. The van der Waals surface area contributed by atoms with Crippen molar-refractivity contribution in [1.82, 2.24) is 9.97 Å². The van der Waals surface area contributed by atoms with E-state index in [1.165, 1.54) is 0 Å². The fraction of sp³-hybridized carbons (Fsp3) is 0.545. The van der Waals surface area contributed by atoms with Crippen LogP contribution in [-0.2, 0) is 15.9 Å². The number of methoxy groups -OCH3 is 1. The summed E-state index contributed by atoms with van der Waals surface area (Å²) in [6.45, 7) is 3.36. The van der Waals surface area contributed by atoms with Gasteiger partial charge < -0.3 is 15.2 Å². The Morgan fingerprint density at radius 3 is 2.65 bits per heavy atom. The molecule has 1 heterocycles. The first-order valence-electron chi connectivity index (χ1n) is 5.28. The van der Waals surface area contributed by atoms with E-state index >= 15 is 0 Å². The molecule has 0 radical (unpaired) electrons. The SMILES string of the molecule is COCCOCCc1nc(C)c(C#N)c(N)n1. The molecule has 92 valence electrons. The molecule has 0 spiro atoms. The Morgan fingerprint density at radius 1 is 1.29 bits per heavy atom. The summed E-state index contributed by atoms with van der Waals surface area (Å²) in [6, 6.07) is 1.98. The quantitative estimate of drug-likeness (QED) is 0.720. The molecule has 0 aliphatic rings. The molecule has 0 unspecified atom stereocenters. The molecule has 0 aromatic carbocycles. The fourth-order valence-electron chi connectivity index (χ4n) is 1.31. The van der Waals surface area contributed by atoms with Gasteiger partial charge in [0.2, 0.25) is 0 Å². The number of ether oxygens (including phenoxy) is 2. The monoisotopic (exact) mass is 236 g/mol. The van der Waals surface area contributed by atoms with Crippen LogP contribution in [0.3, 0.4) is 0 Å². The van der Waals surface area contributed by atoms with Crippen LogP contribution in [0.25, 0.3) is 0 Å². The molecule has 0 atom stereocenters. The number of nitrogen functional groups attached to an aromatic ring is 1. The van der Waals surface area contributed by atoms with Gasteiger partial charge in [0.05, 0.1) is 25.5 Å². The first kappa shape index (κ1) is 13.4. The second-order valence-electron chi connectivity index (χ2n) is 3.45. The van der Waals surface area contributed by atoms with E-state index in [9.17, 15) is 0 Å². The lowest BCUT2D eigenvalue weighted by molar-refractivity contribution is 0.0716. The molecule has 1 aromatic rings. The maximum atomic E-state index is 8.81. The van der Waals surface area contributed by atoms with Crippen molar-refractivity contribution in [3.05, 3.63) is 17.1 Å². The van der Waals surface area contributed by atoms with Crippen LogP contribution in [0.4, 0.5) is 5.82 Å².